The van der Waals surface area contributed by atoms with E-state index in [-0.39, 0.29) is 6.04 Å². The Bertz CT molecular complexity index is 349. The van der Waals surface area contributed by atoms with Crippen LogP contribution in [0.1, 0.15) is 18.0 Å². The summed E-state index contributed by atoms with van der Waals surface area (Å²) in [5, 5.41) is 12.6. The molecule has 0 radical (unpaired) electrons. The lowest BCUT2D eigenvalue weighted by atomic mass is 10.1. The molecule has 1 N–H and O–H groups in total. The largest absolute Gasteiger partial charge is 0.315 e. The molecule has 0 spiro atoms. The van der Waals surface area contributed by atoms with Crippen molar-refractivity contribution in [1.82, 2.24) is 15.2 Å². The zero-order valence-electron chi connectivity index (χ0n) is 9.26. The van der Waals surface area contributed by atoms with Crippen molar-refractivity contribution in [3.63, 3.8) is 0 Å². The summed E-state index contributed by atoms with van der Waals surface area (Å²) in [7, 11) is 0. The first-order valence-electron chi connectivity index (χ1n) is 5.66. The molecule has 1 aromatic rings. The fraction of sp³-hybridized carbons (Fsp3) is 0.500. The topological polar surface area (TPSA) is 52.0 Å². The van der Waals surface area contributed by atoms with Crippen LogP contribution in [-0.4, -0.2) is 36.1 Å². The summed E-state index contributed by atoms with van der Waals surface area (Å²) in [4.78, 5) is 6.30. The highest BCUT2D eigenvalue weighted by atomic mass is 15.2. The van der Waals surface area contributed by atoms with Crippen LogP contribution in [0.2, 0.25) is 0 Å². The molecule has 1 aromatic heterocycles. The summed E-state index contributed by atoms with van der Waals surface area (Å²) >= 11 is 0. The van der Waals surface area contributed by atoms with Crippen molar-refractivity contribution in [1.29, 1.82) is 5.26 Å². The SMILES string of the molecule is N#CC(c1cccnc1)N1CCCNCC1. The van der Waals surface area contributed by atoms with Crippen LogP contribution >= 0.6 is 0 Å². The van der Waals surface area contributed by atoms with E-state index in [1.165, 1.54) is 0 Å². The molecular weight excluding hydrogens is 200 g/mol. The molecule has 4 heteroatoms. The number of nitrogens with one attached hydrogen (secondary N) is 1. The number of aromatic nitrogens is 1. The second-order valence-corrected chi connectivity index (χ2v) is 3.96. The number of nitriles is 1. The summed E-state index contributed by atoms with van der Waals surface area (Å²) in [5.41, 5.74) is 0.993. The average molecular weight is 216 g/mol. The van der Waals surface area contributed by atoms with Crippen molar-refractivity contribution in [3.8, 4) is 6.07 Å². The van der Waals surface area contributed by atoms with Crippen molar-refractivity contribution in [2.75, 3.05) is 26.2 Å². The Labute approximate surface area is 95.9 Å². The van der Waals surface area contributed by atoms with Crippen LogP contribution in [0.15, 0.2) is 24.5 Å². The van der Waals surface area contributed by atoms with E-state index in [1.54, 1.807) is 12.4 Å². The van der Waals surface area contributed by atoms with Gasteiger partial charge in [0.25, 0.3) is 0 Å². The third kappa shape index (κ3) is 2.57. The summed E-state index contributed by atoms with van der Waals surface area (Å²) in [5.74, 6) is 0. The molecule has 16 heavy (non-hydrogen) atoms. The maximum absolute atomic E-state index is 9.28. The molecular formula is C12H16N4. The third-order valence-corrected chi connectivity index (χ3v) is 2.86. The molecule has 0 aromatic carbocycles. The van der Waals surface area contributed by atoms with Gasteiger partial charge in [-0.2, -0.15) is 5.26 Å². The summed E-state index contributed by atoms with van der Waals surface area (Å²) < 4.78 is 0. The molecule has 1 atom stereocenters. The molecule has 0 saturated carbocycles. The zero-order valence-corrected chi connectivity index (χ0v) is 9.26. The van der Waals surface area contributed by atoms with E-state index in [0.29, 0.717) is 0 Å². The Kier molecular flexibility index (Phi) is 3.86. The maximum Gasteiger partial charge on any atom is 0.125 e. The average Bonchev–Trinajstić information content (AvgIpc) is 2.61. The van der Waals surface area contributed by atoms with Gasteiger partial charge in [-0.25, -0.2) is 0 Å². The van der Waals surface area contributed by atoms with Crippen LogP contribution in [0.4, 0.5) is 0 Å². The number of nitrogens with zero attached hydrogens (tertiary/aromatic N) is 3. The molecule has 2 rings (SSSR count). The Hall–Kier alpha value is -1.44. The van der Waals surface area contributed by atoms with Gasteiger partial charge in [0.1, 0.15) is 6.04 Å². The second-order valence-electron chi connectivity index (χ2n) is 3.96. The Morgan fingerprint density at radius 3 is 3.12 bits per heavy atom. The lowest BCUT2D eigenvalue weighted by Gasteiger charge is -2.24. The monoisotopic (exact) mass is 216 g/mol. The van der Waals surface area contributed by atoms with Gasteiger partial charge in [-0.15, -0.1) is 0 Å². The van der Waals surface area contributed by atoms with E-state index in [4.69, 9.17) is 0 Å². The molecule has 2 heterocycles. The fourth-order valence-electron chi connectivity index (χ4n) is 2.03. The highest BCUT2D eigenvalue weighted by molar-refractivity contribution is 5.20. The minimum atomic E-state index is -0.159. The minimum Gasteiger partial charge on any atom is -0.315 e. The van der Waals surface area contributed by atoms with Crippen molar-refractivity contribution in [2.45, 2.75) is 12.5 Å². The standard InChI is InChI=1S/C12H16N4/c13-9-12(11-3-1-4-15-10-11)16-7-2-5-14-6-8-16/h1,3-4,10,12,14H,2,5-8H2. The van der Waals surface area contributed by atoms with Gasteiger partial charge in [0.2, 0.25) is 0 Å². The first kappa shape index (κ1) is 11.1. The number of pyridine rings is 1. The lowest BCUT2D eigenvalue weighted by Crippen LogP contribution is -2.31. The van der Waals surface area contributed by atoms with Crippen molar-refractivity contribution >= 4 is 0 Å². The second kappa shape index (κ2) is 5.59. The van der Waals surface area contributed by atoms with Gasteiger partial charge in [0, 0.05) is 37.6 Å². The summed E-state index contributed by atoms with van der Waals surface area (Å²) in [6, 6.07) is 6.07. The van der Waals surface area contributed by atoms with E-state index >= 15 is 0 Å². The Morgan fingerprint density at radius 2 is 2.38 bits per heavy atom. The third-order valence-electron chi connectivity index (χ3n) is 2.86. The van der Waals surface area contributed by atoms with E-state index in [2.05, 4.69) is 21.3 Å². The van der Waals surface area contributed by atoms with Gasteiger partial charge >= 0.3 is 0 Å². The van der Waals surface area contributed by atoms with E-state index in [0.717, 1.165) is 38.2 Å². The van der Waals surface area contributed by atoms with Gasteiger partial charge in [-0.3, -0.25) is 9.88 Å². The van der Waals surface area contributed by atoms with E-state index in [9.17, 15) is 5.26 Å². The molecule has 1 aliphatic heterocycles. The highest BCUT2D eigenvalue weighted by Gasteiger charge is 2.20. The number of hydrogen-bond acceptors (Lipinski definition) is 4. The number of rotatable bonds is 2. The van der Waals surface area contributed by atoms with Crippen LogP contribution < -0.4 is 5.32 Å². The van der Waals surface area contributed by atoms with Gasteiger partial charge in [-0.05, 0) is 19.0 Å². The van der Waals surface area contributed by atoms with Crippen molar-refractivity contribution in [3.05, 3.63) is 30.1 Å². The molecule has 1 aliphatic rings. The van der Waals surface area contributed by atoms with Gasteiger partial charge in [-0.1, -0.05) is 6.07 Å². The molecule has 84 valence electrons. The zero-order chi connectivity index (χ0) is 11.2. The Morgan fingerprint density at radius 1 is 1.44 bits per heavy atom. The molecule has 0 bridgehead atoms. The van der Waals surface area contributed by atoms with Crippen LogP contribution in [0.3, 0.4) is 0 Å². The van der Waals surface area contributed by atoms with E-state index in [1.807, 2.05) is 12.1 Å². The fourth-order valence-corrected chi connectivity index (χ4v) is 2.03. The van der Waals surface area contributed by atoms with Crippen LogP contribution in [0.25, 0.3) is 0 Å². The first-order chi connectivity index (χ1) is 7.92. The van der Waals surface area contributed by atoms with Crippen LogP contribution in [0, 0.1) is 11.3 Å². The molecule has 1 unspecified atom stereocenters. The van der Waals surface area contributed by atoms with Gasteiger partial charge in [0.15, 0.2) is 0 Å². The Balaban J connectivity index is 2.13. The minimum absolute atomic E-state index is 0.159. The predicted octanol–water partition coefficient (Wildman–Crippen LogP) is 0.942. The molecule has 1 saturated heterocycles. The van der Waals surface area contributed by atoms with Gasteiger partial charge < -0.3 is 5.32 Å². The normalized spacial score (nSPS) is 19.7. The molecule has 1 fully saturated rings. The van der Waals surface area contributed by atoms with Gasteiger partial charge in [0.05, 0.1) is 6.07 Å². The molecule has 0 aliphatic carbocycles. The highest BCUT2D eigenvalue weighted by Crippen LogP contribution is 2.19. The molecule has 4 nitrogen and oxygen atoms in total. The van der Waals surface area contributed by atoms with Crippen LogP contribution in [-0.2, 0) is 0 Å². The predicted molar refractivity (Wildman–Crippen MR) is 61.7 cm³/mol. The summed E-state index contributed by atoms with van der Waals surface area (Å²) in [6.45, 7) is 3.90. The lowest BCUT2D eigenvalue weighted by molar-refractivity contribution is 0.252. The molecule has 0 amide bonds. The maximum atomic E-state index is 9.28. The van der Waals surface area contributed by atoms with Crippen LogP contribution in [0.5, 0.6) is 0 Å². The van der Waals surface area contributed by atoms with E-state index < -0.39 is 0 Å². The van der Waals surface area contributed by atoms with Crippen molar-refractivity contribution in [2.24, 2.45) is 0 Å². The quantitative estimate of drug-likeness (QED) is 0.799. The first-order valence-corrected chi connectivity index (χ1v) is 5.66. The summed E-state index contributed by atoms with van der Waals surface area (Å²) in [6.07, 6.45) is 4.62. The van der Waals surface area contributed by atoms with Crippen molar-refractivity contribution < 1.29 is 0 Å². The number of hydrogen-bond donors (Lipinski definition) is 1. The smallest absolute Gasteiger partial charge is 0.125 e.